The summed E-state index contributed by atoms with van der Waals surface area (Å²) in [5, 5.41) is 33.9. The highest BCUT2D eigenvalue weighted by Gasteiger charge is 2.34. The first kappa shape index (κ1) is 8.61. The van der Waals surface area contributed by atoms with Crippen LogP contribution in [-0.4, -0.2) is 46.1 Å². The van der Waals surface area contributed by atoms with Crippen molar-refractivity contribution >= 4 is 6.21 Å². The molecular weight excluding hydrogens is 150 g/mol. The van der Waals surface area contributed by atoms with Gasteiger partial charge in [-0.2, -0.15) is 0 Å². The molecule has 0 aromatic heterocycles. The highest BCUT2D eigenvalue weighted by Crippen LogP contribution is 2.17. The molecule has 1 aliphatic heterocycles. The molecule has 1 saturated heterocycles. The van der Waals surface area contributed by atoms with E-state index >= 15 is 0 Å². The Bertz CT molecular complexity index is 152. The average Bonchev–Trinajstić information content (AvgIpc) is 1.96. The van der Waals surface area contributed by atoms with Gasteiger partial charge in [0.05, 0.1) is 6.10 Å². The molecule has 0 bridgehead atoms. The molecular formula is C6H11NO4. The van der Waals surface area contributed by atoms with Gasteiger partial charge in [0, 0.05) is 12.6 Å². The highest BCUT2D eigenvalue weighted by atomic mass is 16.6. The van der Waals surface area contributed by atoms with Crippen LogP contribution in [0.25, 0.3) is 0 Å². The molecule has 0 radical (unpaired) electrons. The summed E-state index contributed by atoms with van der Waals surface area (Å²) in [6.45, 7) is 0. The number of aliphatic hydroxyl groups excluding tert-OH is 3. The normalized spacial score (nSPS) is 45.4. The molecule has 4 unspecified atom stereocenters. The van der Waals surface area contributed by atoms with Gasteiger partial charge in [-0.25, -0.2) is 0 Å². The zero-order valence-corrected chi connectivity index (χ0v) is 5.84. The van der Waals surface area contributed by atoms with Gasteiger partial charge in [0.2, 0.25) is 0 Å². The summed E-state index contributed by atoms with van der Waals surface area (Å²) in [5.74, 6) is 0. The van der Waals surface area contributed by atoms with E-state index in [1.807, 2.05) is 0 Å². The van der Waals surface area contributed by atoms with Crippen molar-refractivity contribution in [2.45, 2.75) is 31.0 Å². The standard InChI is InChI=1S/C6H11NO4/c7-2-4-6(10)3(8)1-5(9)11-4/h2-10H,1H2. The minimum atomic E-state index is -1.10. The van der Waals surface area contributed by atoms with Gasteiger partial charge in [-0.1, -0.05) is 0 Å². The molecule has 5 nitrogen and oxygen atoms in total. The van der Waals surface area contributed by atoms with Crippen LogP contribution in [0, 0.1) is 5.41 Å². The zero-order valence-electron chi connectivity index (χ0n) is 5.84. The molecule has 5 heteroatoms. The predicted molar refractivity (Wildman–Crippen MR) is 36.3 cm³/mol. The molecule has 64 valence electrons. The first-order valence-corrected chi connectivity index (χ1v) is 3.35. The Hall–Kier alpha value is -0.490. The maximum absolute atomic E-state index is 9.12. The van der Waals surface area contributed by atoms with Crippen molar-refractivity contribution in [2.24, 2.45) is 0 Å². The lowest BCUT2D eigenvalue weighted by Crippen LogP contribution is -2.48. The lowest BCUT2D eigenvalue weighted by molar-refractivity contribution is -0.211. The van der Waals surface area contributed by atoms with Crippen molar-refractivity contribution < 1.29 is 20.1 Å². The first-order chi connectivity index (χ1) is 5.15. The average molecular weight is 161 g/mol. The topological polar surface area (TPSA) is 93.8 Å². The van der Waals surface area contributed by atoms with Crippen LogP contribution in [0.1, 0.15) is 6.42 Å². The van der Waals surface area contributed by atoms with Gasteiger partial charge in [0.1, 0.15) is 12.2 Å². The fraction of sp³-hybridized carbons (Fsp3) is 0.833. The largest absolute Gasteiger partial charge is 0.390 e. The predicted octanol–water partition coefficient (Wildman–Crippen LogP) is -1.53. The number of aliphatic hydroxyl groups is 3. The Kier molecular flexibility index (Phi) is 2.56. The number of hydrogen-bond acceptors (Lipinski definition) is 5. The molecule has 0 amide bonds. The summed E-state index contributed by atoms with van der Waals surface area (Å²) < 4.78 is 4.72. The summed E-state index contributed by atoms with van der Waals surface area (Å²) >= 11 is 0. The molecule has 1 heterocycles. The molecule has 0 saturated carbocycles. The molecule has 0 aliphatic carbocycles. The van der Waals surface area contributed by atoms with E-state index in [-0.39, 0.29) is 6.42 Å². The van der Waals surface area contributed by atoms with E-state index in [0.717, 1.165) is 6.21 Å². The van der Waals surface area contributed by atoms with E-state index in [1.54, 1.807) is 0 Å². The molecule has 11 heavy (non-hydrogen) atoms. The summed E-state index contributed by atoms with van der Waals surface area (Å²) in [4.78, 5) is 0. The Morgan fingerprint density at radius 1 is 1.36 bits per heavy atom. The van der Waals surface area contributed by atoms with Gasteiger partial charge in [0.25, 0.3) is 0 Å². The first-order valence-electron chi connectivity index (χ1n) is 3.35. The van der Waals surface area contributed by atoms with E-state index in [2.05, 4.69) is 0 Å². The third-order valence-electron chi connectivity index (χ3n) is 1.65. The quantitative estimate of drug-likeness (QED) is 0.351. The van der Waals surface area contributed by atoms with E-state index in [4.69, 9.17) is 25.5 Å². The Labute approximate surface area is 63.7 Å². The Morgan fingerprint density at radius 2 is 2.00 bits per heavy atom. The van der Waals surface area contributed by atoms with Crippen LogP contribution in [-0.2, 0) is 4.74 Å². The van der Waals surface area contributed by atoms with Gasteiger partial charge < -0.3 is 25.5 Å². The summed E-state index contributed by atoms with van der Waals surface area (Å²) in [7, 11) is 0. The molecule has 1 fully saturated rings. The van der Waals surface area contributed by atoms with Crippen LogP contribution >= 0.6 is 0 Å². The fourth-order valence-electron chi connectivity index (χ4n) is 1.02. The second-order valence-corrected chi connectivity index (χ2v) is 2.52. The number of hydrogen-bond donors (Lipinski definition) is 4. The Morgan fingerprint density at radius 3 is 2.55 bits per heavy atom. The van der Waals surface area contributed by atoms with Gasteiger partial charge >= 0.3 is 0 Å². The molecule has 4 atom stereocenters. The van der Waals surface area contributed by atoms with E-state index in [0.29, 0.717) is 0 Å². The van der Waals surface area contributed by atoms with Crippen LogP contribution in [0.15, 0.2) is 0 Å². The monoisotopic (exact) mass is 161 g/mol. The van der Waals surface area contributed by atoms with Gasteiger partial charge in [0.15, 0.2) is 6.29 Å². The van der Waals surface area contributed by atoms with E-state index in [9.17, 15) is 0 Å². The van der Waals surface area contributed by atoms with E-state index in [1.165, 1.54) is 0 Å². The third-order valence-corrected chi connectivity index (χ3v) is 1.65. The minimum absolute atomic E-state index is 0.00843. The van der Waals surface area contributed by atoms with Crippen molar-refractivity contribution in [3.8, 4) is 0 Å². The summed E-state index contributed by atoms with van der Waals surface area (Å²) in [5.41, 5.74) is 0. The molecule has 0 spiro atoms. The second-order valence-electron chi connectivity index (χ2n) is 2.52. The number of rotatable bonds is 1. The van der Waals surface area contributed by atoms with Gasteiger partial charge in [-0.05, 0) is 0 Å². The van der Waals surface area contributed by atoms with Crippen LogP contribution < -0.4 is 0 Å². The minimum Gasteiger partial charge on any atom is -0.390 e. The van der Waals surface area contributed by atoms with Gasteiger partial charge in [-0.15, -0.1) is 0 Å². The van der Waals surface area contributed by atoms with Crippen molar-refractivity contribution in [1.82, 2.24) is 0 Å². The van der Waals surface area contributed by atoms with Crippen molar-refractivity contribution in [3.05, 3.63) is 0 Å². The van der Waals surface area contributed by atoms with Crippen LogP contribution in [0.4, 0.5) is 0 Å². The summed E-state index contributed by atoms with van der Waals surface area (Å²) in [6.07, 6.45) is -3.24. The smallest absolute Gasteiger partial charge is 0.158 e. The lowest BCUT2D eigenvalue weighted by Gasteiger charge is -2.32. The third kappa shape index (κ3) is 1.75. The maximum atomic E-state index is 9.12. The molecule has 4 N–H and O–H groups in total. The van der Waals surface area contributed by atoms with Crippen LogP contribution in [0.2, 0.25) is 0 Å². The number of nitrogens with one attached hydrogen (secondary N) is 1. The van der Waals surface area contributed by atoms with Crippen molar-refractivity contribution in [3.63, 3.8) is 0 Å². The molecule has 1 rings (SSSR count). The SMILES string of the molecule is N=CC1OC(O)CC(O)C1O. The summed E-state index contributed by atoms with van der Waals surface area (Å²) in [6, 6.07) is 0. The van der Waals surface area contributed by atoms with Crippen LogP contribution in [0.3, 0.4) is 0 Å². The Balaban J connectivity index is 2.58. The molecule has 0 aromatic carbocycles. The molecule has 1 aliphatic rings. The van der Waals surface area contributed by atoms with E-state index < -0.39 is 24.6 Å². The highest BCUT2D eigenvalue weighted by molar-refractivity contribution is 5.60. The van der Waals surface area contributed by atoms with Crippen molar-refractivity contribution in [2.75, 3.05) is 0 Å². The second kappa shape index (κ2) is 3.27. The zero-order chi connectivity index (χ0) is 8.43. The molecule has 0 aromatic rings. The maximum Gasteiger partial charge on any atom is 0.158 e. The van der Waals surface area contributed by atoms with Gasteiger partial charge in [-0.3, -0.25) is 0 Å². The lowest BCUT2D eigenvalue weighted by atomic mass is 10.0. The fourth-order valence-corrected chi connectivity index (χ4v) is 1.02. The van der Waals surface area contributed by atoms with Crippen LogP contribution in [0.5, 0.6) is 0 Å². The number of ether oxygens (including phenoxy) is 1. The van der Waals surface area contributed by atoms with Crippen molar-refractivity contribution in [1.29, 1.82) is 5.41 Å².